The van der Waals surface area contributed by atoms with Gasteiger partial charge < -0.3 is 10.6 Å². The van der Waals surface area contributed by atoms with Crippen LogP contribution in [-0.4, -0.2) is 24.0 Å². The van der Waals surface area contributed by atoms with Crippen molar-refractivity contribution in [1.29, 1.82) is 0 Å². The Hall–Kier alpha value is -2.34. The van der Waals surface area contributed by atoms with Crippen LogP contribution >= 0.6 is 22.9 Å². The molecule has 0 saturated heterocycles. The summed E-state index contributed by atoms with van der Waals surface area (Å²) in [5.41, 5.74) is 4.77. The summed E-state index contributed by atoms with van der Waals surface area (Å²) in [4.78, 5) is 14.8. The van der Waals surface area contributed by atoms with Crippen molar-refractivity contribution in [2.24, 2.45) is 0 Å². The van der Waals surface area contributed by atoms with Gasteiger partial charge in [0.2, 0.25) is 0 Å². The van der Waals surface area contributed by atoms with Gasteiger partial charge in [0.05, 0.1) is 6.04 Å². The number of anilines is 1. The van der Waals surface area contributed by atoms with Gasteiger partial charge in [-0.25, -0.2) is 4.79 Å². The minimum Gasteiger partial charge on any atom is -0.336 e. The van der Waals surface area contributed by atoms with Crippen molar-refractivity contribution in [1.82, 2.24) is 10.2 Å². The topological polar surface area (TPSA) is 44.4 Å². The van der Waals surface area contributed by atoms with E-state index in [1.165, 1.54) is 16.7 Å². The quantitative estimate of drug-likeness (QED) is 0.596. The number of carbonyl (C=O) groups is 1. The zero-order valence-electron chi connectivity index (χ0n) is 15.4. The lowest BCUT2D eigenvalue weighted by atomic mass is 9.97. The van der Waals surface area contributed by atoms with E-state index in [1.54, 1.807) is 35.6 Å². The smallest absolute Gasteiger partial charge is 0.319 e. The lowest BCUT2D eigenvalue weighted by molar-refractivity contribution is 0.176. The Kier molecular flexibility index (Phi) is 5.95. The van der Waals surface area contributed by atoms with Crippen LogP contribution in [0.3, 0.4) is 0 Å². The molecule has 2 amide bonds. The van der Waals surface area contributed by atoms with Gasteiger partial charge in [0.1, 0.15) is 0 Å². The van der Waals surface area contributed by atoms with Crippen molar-refractivity contribution in [3.8, 4) is 0 Å². The van der Waals surface area contributed by atoms with Crippen molar-refractivity contribution < 1.29 is 4.79 Å². The molecule has 2 heterocycles. The molecule has 1 aliphatic heterocycles. The molecular formula is C22H22ClN3OS. The number of fused-ring (bicyclic) bond motifs is 1. The van der Waals surface area contributed by atoms with Crippen molar-refractivity contribution >= 4 is 34.7 Å². The highest BCUT2D eigenvalue weighted by molar-refractivity contribution is 7.08. The van der Waals surface area contributed by atoms with Crippen LogP contribution in [0.2, 0.25) is 5.02 Å². The Morgan fingerprint density at radius 1 is 1.11 bits per heavy atom. The van der Waals surface area contributed by atoms with Crippen molar-refractivity contribution in [2.45, 2.75) is 19.0 Å². The maximum Gasteiger partial charge on any atom is 0.319 e. The molecule has 1 unspecified atom stereocenters. The zero-order chi connectivity index (χ0) is 19.3. The number of benzene rings is 2. The number of carbonyl (C=O) groups excluding carboxylic acids is 1. The molecule has 4 nitrogen and oxygen atoms in total. The predicted molar refractivity (Wildman–Crippen MR) is 116 cm³/mol. The molecule has 6 heteroatoms. The molecule has 144 valence electrons. The Balaban J connectivity index is 1.43. The summed E-state index contributed by atoms with van der Waals surface area (Å²) in [5.74, 6) is 0. The van der Waals surface area contributed by atoms with Gasteiger partial charge in [-0.15, -0.1) is 0 Å². The van der Waals surface area contributed by atoms with E-state index in [1.807, 2.05) is 0 Å². The highest BCUT2D eigenvalue weighted by Gasteiger charge is 2.25. The van der Waals surface area contributed by atoms with Gasteiger partial charge in [0.25, 0.3) is 0 Å². The highest BCUT2D eigenvalue weighted by Crippen LogP contribution is 2.28. The maximum atomic E-state index is 12.4. The number of halogens is 1. The molecule has 3 aromatic rings. The van der Waals surface area contributed by atoms with Gasteiger partial charge in [-0.05, 0) is 64.2 Å². The molecule has 0 spiro atoms. The summed E-state index contributed by atoms with van der Waals surface area (Å²) in [6.07, 6.45) is 1.04. The fourth-order valence-corrected chi connectivity index (χ4v) is 4.44. The second kappa shape index (κ2) is 8.78. The summed E-state index contributed by atoms with van der Waals surface area (Å²) in [5, 5.41) is 10.8. The second-order valence-corrected chi connectivity index (χ2v) is 8.12. The number of nitrogens with zero attached hydrogens (tertiary/aromatic N) is 1. The largest absolute Gasteiger partial charge is 0.336 e. The van der Waals surface area contributed by atoms with Crippen LogP contribution in [0.4, 0.5) is 10.5 Å². The number of urea groups is 1. The molecule has 4 rings (SSSR count). The summed E-state index contributed by atoms with van der Waals surface area (Å²) in [6, 6.07) is 17.8. The first-order chi connectivity index (χ1) is 13.7. The third-order valence-electron chi connectivity index (χ3n) is 5.09. The third-order valence-corrected chi connectivity index (χ3v) is 6.04. The first-order valence-corrected chi connectivity index (χ1v) is 10.6. The van der Waals surface area contributed by atoms with E-state index in [-0.39, 0.29) is 12.1 Å². The molecule has 2 N–H and O–H groups in total. The van der Waals surface area contributed by atoms with Crippen LogP contribution in [-0.2, 0) is 13.0 Å². The number of amides is 2. The van der Waals surface area contributed by atoms with Crippen LogP contribution in [0, 0.1) is 0 Å². The molecule has 0 fully saturated rings. The van der Waals surface area contributed by atoms with Gasteiger partial charge >= 0.3 is 6.03 Å². The van der Waals surface area contributed by atoms with Gasteiger partial charge in [0.15, 0.2) is 0 Å². The molecule has 2 aromatic carbocycles. The van der Waals surface area contributed by atoms with Crippen LogP contribution in [0.25, 0.3) is 0 Å². The first-order valence-electron chi connectivity index (χ1n) is 9.32. The Bertz CT molecular complexity index is 927. The Morgan fingerprint density at radius 2 is 1.89 bits per heavy atom. The van der Waals surface area contributed by atoms with E-state index in [4.69, 9.17) is 11.6 Å². The average Bonchev–Trinajstić information content (AvgIpc) is 3.24. The van der Waals surface area contributed by atoms with Gasteiger partial charge in [-0.1, -0.05) is 35.9 Å². The molecule has 0 aliphatic carbocycles. The van der Waals surface area contributed by atoms with Crippen LogP contribution in [0.5, 0.6) is 0 Å². The fourth-order valence-electron chi connectivity index (χ4n) is 3.60. The molecule has 0 bridgehead atoms. The average molecular weight is 412 g/mol. The molecular weight excluding hydrogens is 390 g/mol. The Labute approximate surface area is 174 Å². The minimum atomic E-state index is -0.208. The van der Waals surface area contributed by atoms with Crippen LogP contribution in [0.15, 0.2) is 65.4 Å². The van der Waals surface area contributed by atoms with E-state index in [9.17, 15) is 4.79 Å². The van der Waals surface area contributed by atoms with Crippen LogP contribution < -0.4 is 10.6 Å². The van der Waals surface area contributed by atoms with Crippen molar-refractivity contribution in [2.75, 3.05) is 18.4 Å². The lowest BCUT2D eigenvalue weighted by Crippen LogP contribution is -2.41. The van der Waals surface area contributed by atoms with Gasteiger partial charge in [-0.3, -0.25) is 4.90 Å². The molecule has 1 atom stereocenters. The molecule has 0 saturated carbocycles. The standard InChI is InChI=1S/C22H22ClN3OS/c23-19-5-7-20(8-6-19)25-22(27)24-13-21(18-10-12-28-15-18)26-11-9-16-3-1-2-4-17(16)14-26/h1-8,10,12,15,21H,9,11,13-14H2,(H2,24,25,27). The Morgan fingerprint density at radius 3 is 2.64 bits per heavy atom. The van der Waals surface area contributed by atoms with E-state index >= 15 is 0 Å². The SMILES string of the molecule is O=C(NCC(c1ccsc1)N1CCc2ccccc2C1)Nc1ccc(Cl)cc1. The van der Waals surface area contributed by atoms with Crippen molar-refractivity contribution in [3.63, 3.8) is 0 Å². The number of hydrogen-bond acceptors (Lipinski definition) is 3. The monoisotopic (exact) mass is 411 g/mol. The van der Waals surface area contributed by atoms with E-state index in [0.29, 0.717) is 11.6 Å². The van der Waals surface area contributed by atoms with E-state index in [0.717, 1.165) is 25.2 Å². The van der Waals surface area contributed by atoms with Crippen molar-refractivity contribution in [3.05, 3.63) is 87.1 Å². The number of hydrogen-bond donors (Lipinski definition) is 2. The van der Waals surface area contributed by atoms with E-state index < -0.39 is 0 Å². The fraction of sp³-hybridized carbons (Fsp3) is 0.227. The zero-order valence-corrected chi connectivity index (χ0v) is 17.0. The third kappa shape index (κ3) is 4.55. The highest BCUT2D eigenvalue weighted by atomic mass is 35.5. The molecule has 1 aromatic heterocycles. The number of rotatable bonds is 5. The summed E-state index contributed by atoms with van der Waals surface area (Å²) < 4.78 is 0. The maximum absolute atomic E-state index is 12.4. The molecule has 28 heavy (non-hydrogen) atoms. The number of nitrogens with one attached hydrogen (secondary N) is 2. The van der Waals surface area contributed by atoms with Crippen LogP contribution in [0.1, 0.15) is 22.7 Å². The summed E-state index contributed by atoms with van der Waals surface area (Å²) >= 11 is 7.59. The summed E-state index contributed by atoms with van der Waals surface area (Å²) in [7, 11) is 0. The summed E-state index contributed by atoms with van der Waals surface area (Å²) in [6.45, 7) is 2.44. The van der Waals surface area contributed by atoms with E-state index in [2.05, 4.69) is 56.6 Å². The second-order valence-electron chi connectivity index (χ2n) is 6.90. The normalized spacial score (nSPS) is 14.9. The lowest BCUT2D eigenvalue weighted by Gasteiger charge is -2.35. The first kappa shape index (κ1) is 19.0. The van der Waals surface area contributed by atoms with Gasteiger partial charge in [0, 0.05) is 30.3 Å². The minimum absolute atomic E-state index is 0.149. The van der Waals surface area contributed by atoms with Gasteiger partial charge in [-0.2, -0.15) is 11.3 Å². The molecule has 0 radical (unpaired) electrons. The number of thiophene rings is 1. The predicted octanol–water partition coefficient (Wildman–Crippen LogP) is 5.32. The molecule has 1 aliphatic rings.